The number of benzene rings is 2. The van der Waals surface area contributed by atoms with E-state index in [1.165, 1.54) is 11.1 Å². The number of hydrogen-bond donors (Lipinski definition) is 2. The lowest BCUT2D eigenvalue weighted by atomic mass is 9.52. The second kappa shape index (κ2) is 9.36. The number of carbonyl (C=O) groups is 2. The molecular weight excluding hydrogens is 492 g/mol. The number of aliphatic hydroxyl groups is 1. The molecule has 5 atom stereocenters. The number of hydrogen-bond acceptors (Lipinski definition) is 6. The smallest absolute Gasteiger partial charge is 0.324 e. The number of phenolic OH excluding ortho intramolecular Hbond substituents is 1. The van der Waals surface area contributed by atoms with Gasteiger partial charge in [-0.05, 0) is 123 Å². The van der Waals surface area contributed by atoms with E-state index in [0.29, 0.717) is 29.9 Å². The molecular formula is C33H40O6. The Bertz CT molecular complexity index is 1300. The van der Waals surface area contributed by atoms with Gasteiger partial charge in [-0.25, -0.2) is 0 Å². The highest BCUT2D eigenvalue weighted by atomic mass is 16.6. The van der Waals surface area contributed by atoms with Crippen LogP contribution in [-0.4, -0.2) is 35.4 Å². The van der Waals surface area contributed by atoms with Gasteiger partial charge in [0.1, 0.15) is 5.75 Å². The van der Waals surface area contributed by atoms with E-state index in [0.717, 1.165) is 48.8 Å². The number of rotatable bonds is 5. The molecule has 6 rings (SSSR count). The Labute approximate surface area is 230 Å². The van der Waals surface area contributed by atoms with Gasteiger partial charge in [-0.1, -0.05) is 31.2 Å². The van der Waals surface area contributed by atoms with E-state index < -0.39 is 23.0 Å². The molecule has 6 nitrogen and oxygen atoms in total. The summed E-state index contributed by atoms with van der Waals surface area (Å²) in [6, 6.07) is 11.9. The molecule has 0 aliphatic heterocycles. The first-order valence-electron chi connectivity index (χ1n) is 14.7. The van der Waals surface area contributed by atoms with Crippen LogP contribution >= 0.6 is 0 Å². The van der Waals surface area contributed by atoms with Crippen molar-refractivity contribution in [3.63, 3.8) is 0 Å². The Morgan fingerprint density at radius 3 is 2.33 bits per heavy atom. The minimum Gasteiger partial charge on any atom is -0.508 e. The van der Waals surface area contributed by atoms with Crippen LogP contribution in [0.25, 0.3) is 0 Å². The molecule has 0 heterocycles. The summed E-state index contributed by atoms with van der Waals surface area (Å²) in [5.74, 6) is 0.687. The normalized spacial score (nSPS) is 31.9. The predicted octanol–water partition coefficient (Wildman–Crippen LogP) is 5.35. The average Bonchev–Trinajstić information content (AvgIpc) is 3.45. The fraction of sp³-hybridized carbons (Fsp3) is 0.576. The van der Waals surface area contributed by atoms with Crippen molar-refractivity contribution in [1.82, 2.24) is 0 Å². The van der Waals surface area contributed by atoms with Gasteiger partial charge < -0.3 is 19.7 Å². The zero-order valence-electron chi connectivity index (χ0n) is 23.3. The molecule has 2 fully saturated rings. The maximum absolute atomic E-state index is 13.0. The zero-order valence-corrected chi connectivity index (χ0v) is 23.3. The largest absolute Gasteiger partial charge is 0.508 e. The molecule has 0 spiro atoms. The Kier molecular flexibility index (Phi) is 6.33. The number of esters is 2. The third-order valence-corrected chi connectivity index (χ3v) is 10.9. The third-order valence-electron chi connectivity index (χ3n) is 10.9. The van der Waals surface area contributed by atoms with Crippen LogP contribution in [0.4, 0.5) is 0 Å². The first kappa shape index (κ1) is 26.4. The van der Waals surface area contributed by atoms with Gasteiger partial charge in [0.15, 0.2) is 5.41 Å². The zero-order chi connectivity index (χ0) is 27.6. The van der Waals surface area contributed by atoms with Crippen LogP contribution in [0.15, 0.2) is 36.4 Å². The molecule has 4 aliphatic rings. The van der Waals surface area contributed by atoms with Crippen LogP contribution in [0, 0.1) is 22.7 Å². The first-order chi connectivity index (χ1) is 18.7. The molecule has 0 radical (unpaired) electrons. The van der Waals surface area contributed by atoms with Crippen LogP contribution in [0.3, 0.4) is 0 Å². The quantitative estimate of drug-likeness (QED) is 0.399. The van der Waals surface area contributed by atoms with Gasteiger partial charge in [0, 0.05) is 5.41 Å². The highest BCUT2D eigenvalue weighted by molar-refractivity contribution is 6.01. The molecule has 2 aromatic rings. The molecule has 6 heteroatoms. The van der Waals surface area contributed by atoms with E-state index in [2.05, 4.69) is 13.0 Å². The summed E-state index contributed by atoms with van der Waals surface area (Å²) in [6.07, 6.45) is 6.20. The summed E-state index contributed by atoms with van der Waals surface area (Å²) in [5, 5.41) is 22.5. The Morgan fingerprint density at radius 2 is 1.62 bits per heavy atom. The lowest BCUT2D eigenvalue weighted by Gasteiger charge is -2.53. The maximum Gasteiger partial charge on any atom is 0.324 e. The van der Waals surface area contributed by atoms with Crippen molar-refractivity contribution in [3.05, 3.63) is 64.2 Å². The highest BCUT2D eigenvalue weighted by Gasteiger charge is 2.62. The standard InChI is InChI=1S/C33H40O6/c1-4-38-29(35)32(30(36)39-5-2)18-21-6-8-23(16-22(21)19-32)33(37)15-13-28-27-10-7-20-17-24(34)9-11-25(20)26(27)12-14-31(28,33)3/h6,8-9,11,16-17,26-28,34,37H,4-5,7,10,12-15,18-19H2,1-3H3/t26-,27-,28+,31+,33+/m1/s1. The molecule has 2 aromatic carbocycles. The lowest BCUT2D eigenvalue weighted by Crippen LogP contribution is -2.49. The van der Waals surface area contributed by atoms with Crippen molar-refractivity contribution < 1.29 is 29.3 Å². The maximum atomic E-state index is 13.0. The van der Waals surface area contributed by atoms with Gasteiger partial charge in [-0.15, -0.1) is 0 Å². The van der Waals surface area contributed by atoms with Crippen LogP contribution < -0.4 is 0 Å². The van der Waals surface area contributed by atoms with E-state index in [1.54, 1.807) is 13.8 Å². The van der Waals surface area contributed by atoms with Gasteiger partial charge in [-0.2, -0.15) is 0 Å². The number of fused-ring (bicyclic) bond motifs is 6. The fourth-order valence-corrected chi connectivity index (χ4v) is 8.90. The summed E-state index contributed by atoms with van der Waals surface area (Å²) in [4.78, 5) is 26.1. The van der Waals surface area contributed by atoms with E-state index in [9.17, 15) is 19.8 Å². The van der Waals surface area contributed by atoms with Crippen LogP contribution in [-0.2, 0) is 43.9 Å². The monoisotopic (exact) mass is 532 g/mol. The molecule has 0 aromatic heterocycles. The van der Waals surface area contributed by atoms with Crippen molar-refractivity contribution in [2.45, 2.75) is 83.7 Å². The number of ether oxygens (including phenoxy) is 2. The van der Waals surface area contributed by atoms with E-state index >= 15 is 0 Å². The van der Waals surface area contributed by atoms with Crippen molar-refractivity contribution >= 4 is 11.9 Å². The molecule has 4 aliphatic carbocycles. The summed E-state index contributed by atoms with van der Waals surface area (Å²) in [7, 11) is 0. The molecule has 0 amide bonds. The van der Waals surface area contributed by atoms with Gasteiger partial charge in [0.05, 0.1) is 18.8 Å². The second-order valence-corrected chi connectivity index (χ2v) is 12.5. The number of carbonyl (C=O) groups excluding carboxylic acids is 2. The fourth-order valence-electron chi connectivity index (χ4n) is 8.90. The average molecular weight is 533 g/mol. The number of aromatic hydroxyl groups is 1. The lowest BCUT2D eigenvalue weighted by molar-refractivity contribution is -0.171. The minimum atomic E-state index is -1.36. The third kappa shape index (κ3) is 3.77. The topological polar surface area (TPSA) is 93.1 Å². The van der Waals surface area contributed by atoms with Gasteiger partial charge in [0.2, 0.25) is 0 Å². The van der Waals surface area contributed by atoms with Crippen molar-refractivity contribution in [2.24, 2.45) is 22.7 Å². The molecule has 0 bridgehead atoms. The molecule has 0 saturated heterocycles. The van der Waals surface area contributed by atoms with Crippen molar-refractivity contribution in [3.8, 4) is 5.75 Å². The first-order valence-corrected chi connectivity index (χ1v) is 14.7. The number of phenols is 1. The van der Waals surface area contributed by atoms with Crippen molar-refractivity contribution in [2.75, 3.05) is 13.2 Å². The minimum absolute atomic E-state index is 0.203. The summed E-state index contributed by atoms with van der Waals surface area (Å²) in [6.45, 7) is 6.17. The van der Waals surface area contributed by atoms with Crippen LogP contribution in [0.2, 0.25) is 0 Å². The van der Waals surface area contributed by atoms with Gasteiger partial charge in [0.25, 0.3) is 0 Å². The SMILES string of the molecule is CCOC(=O)C1(C(=O)OCC)Cc2ccc([C@@]3(O)CC[C@H]4[C@@H]5CCc6cc(O)ccc6[C@H]5CC[C@@]43C)cc2C1. The van der Waals surface area contributed by atoms with E-state index in [1.807, 2.05) is 30.3 Å². The second-order valence-electron chi connectivity index (χ2n) is 12.5. The summed E-state index contributed by atoms with van der Waals surface area (Å²) < 4.78 is 10.7. The molecule has 39 heavy (non-hydrogen) atoms. The van der Waals surface area contributed by atoms with E-state index in [-0.39, 0.29) is 31.5 Å². The predicted molar refractivity (Wildman–Crippen MR) is 146 cm³/mol. The number of aryl methyl sites for hydroxylation is 1. The molecule has 0 unspecified atom stereocenters. The molecule has 2 saturated carbocycles. The van der Waals surface area contributed by atoms with Crippen molar-refractivity contribution in [1.29, 1.82) is 0 Å². The summed E-state index contributed by atoms with van der Waals surface area (Å²) >= 11 is 0. The van der Waals surface area contributed by atoms with E-state index in [4.69, 9.17) is 9.47 Å². The Morgan fingerprint density at radius 1 is 0.897 bits per heavy atom. The molecule has 2 N–H and O–H groups in total. The van der Waals surface area contributed by atoms with Crippen LogP contribution in [0.5, 0.6) is 5.75 Å². The highest BCUT2D eigenvalue weighted by Crippen LogP contribution is 2.67. The Balaban J connectivity index is 1.30. The van der Waals surface area contributed by atoms with Gasteiger partial charge in [-0.3, -0.25) is 9.59 Å². The Hall–Kier alpha value is -2.86. The summed E-state index contributed by atoms with van der Waals surface area (Å²) in [5.41, 5.74) is 2.84. The van der Waals surface area contributed by atoms with Crippen LogP contribution in [0.1, 0.15) is 86.6 Å². The van der Waals surface area contributed by atoms with Gasteiger partial charge >= 0.3 is 11.9 Å². The molecule has 208 valence electrons.